The fourth-order valence-electron chi connectivity index (χ4n) is 1.91. The fourth-order valence-corrected chi connectivity index (χ4v) is 2.10. The van der Waals surface area contributed by atoms with Gasteiger partial charge in [-0.25, -0.2) is 0 Å². The van der Waals surface area contributed by atoms with Crippen molar-refractivity contribution >= 4 is 35.0 Å². The standard InChI is InChI=1S/C17H12ClN3O3/c1-11-2-5-14(6-3-11)20-17(22)13(10-19)8-12-4-7-15(18)16(9-12)21(23)24/h2-9H,1H3,(H,20,22). The molecule has 0 bridgehead atoms. The van der Waals surface area contributed by atoms with Gasteiger partial charge in [0.05, 0.1) is 4.92 Å². The average Bonchev–Trinajstić information content (AvgIpc) is 2.55. The molecule has 0 aliphatic rings. The van der Waals surface area contributed by atoms with E-state index in [0.29, 0.717) is 11.3 Å². The minimum atomic E-state index is -0.627. The van der Waals surface area contributed by atoms with Gasteiger partial charge in [-0.05, 0) is 36.8 Å². The van der Waals surface area contributed by atoms with Crippen LogP contribution >= 0.6 is 11.6 Å². The number of nitro groups is 1. The van der Waals surface area contributed by atoms with Crippen molar-refractivity contribution in [2.24, 2.45) is 0 Å². The van der Waals surface area contributed by atoms with Crippen molar-refractivity contribution in [1.82, 2.24) is 0 Å². The van der Waals surface area contributed by atoms with Crippen molar-refractivity contribution < 1.29 is 9.72 Å². The first-order chi connectivity index (χ1) is 11.4. The first kappa shape index (κ1) is 17.2. The zero-order valence-electron chi connectivity index (χ0n) is 12.6. The second-order valence-corrected chi connectivity index (χ2v) is 5.37. The lowest BCUT2D eigenvalue weighted by Crippen LogP contribution is -2.13. The van der Waals surface area contributed by atoms with E-state index in [4.69, 9.17) is 11.6 Å². The number of hydrogen-bond acceptors (Lipinski definition) is 4. The lowest BCUT2D eigenvalue weighted by molar-refractivity contribution is -0.384. The highest BCUT2D eigenvalue weighted by atomic mass is 35.5. The molecule has 0 radical (unpaired) electrons. The third-order valence-electron chi connectivity index (χ3n) is 3.15. The molecule has 6 nitrogen and oxygen atoms in total. The van der Waals surface area contributed by atoms with Gasteiger partial charge in [0.15, 0.2) is 0 Å². The van der Waals surface area contributed by atoms with Crippen LogP contribution in [-0.4, -0.2) is 10.8 Å². The monoisotopic (exact) mass is 341 g/mol. The van der Waals surface area contributed by atoms with Crippen LogP contribution in [0.4, 0.5) is 11.4 Å². The van der Waals surface area contributed by atoms with E-state index in [1.165, 1.54) is 24.3 Å². The minimum absolute atomic E-state index is 0.0141. The van der Waals surface area contributed by atoms with Crippen LogP contribution in [-0.2, 0) is 4.79 Å². The average molecular weight is 342 g/mol. The zero-order valence-corrected chi connectivity index (χ0v) is 13.4. The summed E-state index contributed by atoms with van der Waals surface area (Å²) in [6.07, 6.45) is 1.27. The summed E-state index contributed by atoms with van der Waals surface area (Å²) in [5, 5.41) is 22.6. The van der Waals surface area contributed by atoms with Gasteiger partial charge in [0, 0.05) is 11.8 Å². The highest BCUT2D eigenvalue weighted by molar-refractivity contribution is 6.32. The van der Waals surface area contributed by atoms with E-state index in [-0.39, 0.29) is 16.3 Å². The first-order valence-electron chi connectivity index (χ1n) is 6.84. The Hall–Kier alpha value is -3.17. The molecule has 0 saturated carbocycles. The Morgan fingerprint density at radius 2 is 1.96 bits per heavy atom. The number of rotatable bonds is 4. The molecular formula is C17H12ClN3O3. The van der Waals surface area contributed by atoms with Gasteiger partial charge in [-0.3, -0.25) is 14.9 Å². The minimum Gasteiger partial charge on any atom is -0.321 e. The first-order valence-corrected chi connectivity index (χ1v) is 7.22. The summed E-state index contributed by atoms with van der Waals surface area (Å²) in [6.45, 7) is 1.92. The largest absolute Gasteiger partial charge is 0.321 e. The Kier molecular flexibility index (Phi) is 5.30. The molecule has 7 heteroatoms. The number of benzene rings is 2. The third kappa shape index (κ3) is 4.18. The maximum Gasteiger partial charge on any atom is 0.288 e. The molecular weight excluding hydrogens is 330 g/mol. The third-order valence-corrected chi connectivity index (χ3v) is 3.47. The number of carbonyl (C=O) groups is 1. The Balaban J connectivity index is 2.27. The van der Waals surface area contributed by atoms with E-state index < -0.39 is 10.8 Å². The second kappa shape index (κ2) is 7.40. The quantitative estimate of drug-likeness (QED) is 0.392. The predicted octanol–water partition coefficient (Wildman–Crippen LogP) is 4.10. The lowest BCUT2D eigenvalue weighted by Gasteiger charge is -2.05. The van der Waals surface area contributed by atoms with Crippen LogP contribution in [0.15, 0.2) is 48.0 Å². The van der Waals surface area contributed by atoms with Crippen molar-refractivity contribution in [1.29, 1.82) is 5.26 Å². The number of nitriles is 1. The summed E-state index contributed by atoms with van der Waals surface area (Å²) in [7, 11) is 0. The van der Waals surface area contributed by atoms with Crippen LogP contribution in [0.2, 0.25) is 5.02 Å². The summed E-state index contributed by atoms with van der Waals surface area (Å²) in [4.78, 5) is 22.4. The molecule has 1 N–H and O–H groups in total. The van der Waals surface area contributed by atoms with Crippen LogP contribution in [0.1, 0.15) is 11.1 Å². The van der Waals surface area contributed by atoms with Gasteiger partial charge in [0.1, 0.15) is 16.7 Å². The van der Waals surface area contributed by atoms with E-state index >= 15 is 0 Å². The van der Waals surface area contributed by atoms with Gasteiger partial charge >= 0.3 is 0 Å². The van der Waals surface area contributed by atoms with Crippen molar-refractivity contribution in [2.75, 3.05) is 5.32 Å². The zero-order chi connectivity index (χ0) is 17.7. The topological polar surface area (TPSA) is 96.0 Å². The van der Waals surface area contributed by atoms with E-state index in [0.717, 1.165) is 5.56 Å². The molecule has 0 spiro atoms. The number of hydrogen-bond donors (Lipinski definition) is 1. The highest BCUT2D eigenvalue weighted by Crippen LogP contribution is 2.26. The summed E-state index contributed by atoms with van der Waals surface area (Å²) < 4.78 is 0. The molecule has 0 aliphatic carbocycles. The van der Waals surface area contributed by atoms with Crippen molar-refractivity contribution in [3.05, 3.63) is 74.3 Å². The molecule has 0 unspecified atom stereocenters. The SMILES string of the molecule is Cc1ccc(NC(=O)C(C#N)=Cc2ccc(Cl)c([N+](=O)[O-])c2)cc1. The fraction of sp³-hybridized carbons (Fsp3) is 0.0588. The molecule has 120 valence electrons. The molecule has 0 aliphatic heterocycles. The van der Waals surface area contributed by atoms with Crippen molar-refractivity contribution in [3.63, 3.8) is 0 Å². The highest BCUT2D eigenvalue weighted by Gasteiger charge is 2.14. The molecule has 0 atom stereocenters. The summed E-state index contributed by atoms with van der Waals surface area (Å²) in [5.41, 5.74) is 1.46. The number of halogens is 1. The number of nitrogens with zero attached hydrogens (tertiary/aromatic N) is 2. The number of aryl methyl sites for hydroxylation is 1. The summed E-state index contributed by atoms with van der Waals surface area (Å²) >= 11 is 5.74. The van der Waals surface area contributed by atoms with Crippen LogP contribution in [0.25, 0.3) is 6.08 Å². The number of amides is 1. The molecule has 0 aromatic heterocycles. The van der Waals surface area contributed by atoms with Gasteiger partial charge in [-0.1, -0.05) is 35.4 Å². The molecule has 2 aromatic carbocycles. The van der Waals surface area contributed by atoms with Gasteiger partial charge in [-0.2, -0.15) is 5.26 Å². The lowest BCUT2D eigenvalue weighted by atomic mass is 10.1. The van der Waals surface area contributed by atoms with Crippen molar-refractivity contribution in [2.45, 2.75) is 6.92 Å². The number of nitro benzene ring substituents is 1. The Labute approximate surface area is 143 Å². The summed E-state index contributed by atoms with van der Waals surface area (Å²) in [5.74, 6) is -0.598. The van der Waals surface area contributed by atoms with Crippen LogP contribution in [0.5, 0.6) is 0 Å². The van der Waals surface area contributed by atoms with Gasteiger partial charge < -0.3 is 5.32 Å². The van der Waals surface area contributed by atoms with Gasteiger partial charge in [0.25, 0.3) is 11.6 Å². The van der Waals surface area contributed by atoms with Gasteiger partial charge in [0.2, 0.25) is 0 Å². The van der Waals surface area contributed by atoms with Crippen molar-refractivity contribution in [3.8, 4) is 6.07 Å². The Morgan fingerprint density at radius 3 is 2.54 bits per heavy atom. The van der Waals surface area contributed by atoms with E-state index in [1.807, 2.05) is 19.1 Å². The normalized spacial score (nSPS) is 10.8. The van der Waals surface area contributed by atoms with Crippen LogP contribution in [0.3, 0.4) is 0 Å². The molecule has 0 saturated heterocycles. The molecule has 2 aromatic rings. The Morgan fingerprint density at radius 1 is 1.29 bits per heavy atom. The van der Waals surface area contributed by atoms with Crippen LogP contribution < -0.4 is 5.32 Å². The maximum absolute atomic E-state index is 12.2. The van der Waals surface area contributed by atoms with E-state index in [2.05, 4.69) is 5.32 Å². The van der Waals surface area contributed by atoms with E-state index in [9.17, 15) is 20.2 Å². The van der Waals surface area contributed by atoms with Crippen LogP contribution in [0, 0.1) is 28.4 Å². The number of nitrogens with one attached hydrogen (secondary N) is 1. The number of anilines is 1. The smallest absolute Gasteiger partial charge is 0.288 e. The predicted molar refractivity (Wildman–Crippen MR) is 91.5 cm³/mol. The molecule has 0 fully saturated rings. The van der Waals surface area contributed by atoms with E-state index in [1.54, 1.807) is 18.2 Å². The molecule has 1 amide bonds. The second-order valence-electron chi connectivity index (χ2n) is 4.96. The maximum atomic E-state index is 12.2. The summed E-state index contributed by atoms with van der Waals surface area (Å²) in [6, 6.07) is 12.9. The molecule has 2 rings (SSSR count). The number of carbonyl (C=O) groups excluding carboxylic acids is 1. The van der Waals surface area contributed by atoms with Gasteiger partial charge in [-0.15, -0.1) is 0 Å². The molecule has 24 heavy (non-hydrogen) atoms. The molecule has 0 heterocycles. The Bertz CT molecular complexity index is 868.